The Labute approximate surface area is 219 Å². The molecule has 14 heteroatoms. The van der Waals surface area contributed by atoms with E-state index >= 15 is 0 Å². The number of aliphatic hydroxyl groups excluding tert-OH is 1. The van der Waals surface area contributed by atoms with Crippen molar-refractivity contribution < 1.29 is 27.7 Å². The van der Waals surface area contributed by atoms with Gasteiger partial charge in [0.1, 0.15) is 34.2 Å². The maximum atomic E-state index is 13.4. The van der Waals surface area contributed by atoms with Crippen LogP contribution in [0.5, 0.6) is 17.4 Å². The van der Waals surface area contributed by atoms with E-state index in [2.05, 4.69) is 29.9 Å². The van der Waals surface area contributed by atoms with Crippen molar-refractivity contribution in [2.75, 3.05) is 26.1 Å². The second kappa shape index (κ2) is 11.0. The molecule has 0 bridgehead atoms. The van der Waals surface area contributed by atoms with Crippen molar-refractivity contribution in [1.82, 2.24) is 29.7 Å². The minimum Gasteiger partial charge on any atom is -0.494 e. The zero-order valence-corrected chi connectivity index (χ0v) is 22.2. The minimum atomic E-state index is -4.24. The van der Waals surface area contributed by atoms with Crippen LogP contribution in [0.3, 0.4) is 0 Å². The fourth-order valence-corrected chi connectivity index (χ4v) is 4.67. The number of nitrogens with one attached hydrogen (secondary N) is 1. The SMILES string of the molecule is COc1cccc(-c2nnc(NS(=O)(=O)[C@@H](C)[C@@H](O)c3cnc(C)cn3)n2-c2c(OC)cccc2OC)n1. The standard InChI is InChI=1S/C24H27N7O6S/c1-14-12-26-17(13-25-14)22(32)15(2)38(33,34)30-24-29-28-23(16-8-6-11-20(27-16)37-5)31(24)21-18(35-3)9-7-10-19(21)36-4/h6-13,15,22,32H,1-5H3,(H,29,30)/t15-,22+/m0/s1. The number of aryl methyl sites for hydroxylation is 1. The lowest BCUT2D eigenvalue weighted by Crippen LogP contribution is -2.32. The third-order valence-electron chi connectivity index (χ3n) is 5.72. The highest BCUT2D eigenvalue weighted by Crippen LogP contribution is 2.38. The van der Waals surface area contributed by atoms with Gasteiger partial charge in [0.05, 0.1) is 38.9 Å². The number of ether oxygens (including phenoxy) is 3. The van der Waals surface area contributed by atoms with Gasteiger partial charge in [0.25, 0.3) is 0 Å². The Morgan fingerprint density at radius 3 is 2.24 bits per heavy atom. The van der Waals surface area contributed by atoms with E-state index in [-0.39, 0.29) is 17.5 Å². The largest absolute Gasteiger partial charge is 0.494 e. The van der Waals surface area contributed by atoms with Gasteiger partial charge in [-0.05, 0) is 32.0 Å². The summed E-state index contributed by atoms with van der Waals surface area (Å²) in [6.45, 7) is 3.09. The molecule has 0 aliphatic rings. The monoisotopic (exact) mass is 541 g/mol. The molecule has 0 saturated carbocycles. The van der Waals surface area contributed by atoms with Crippen LogP contribution in [0.4, 0.5) is 5.95 Å². The van der Waals surface area contributed by atoms with E-state index < -0.39 is 21.4 Å². The molecule has 0 saturated heterocycles. The van der Waals surface area contributed by atoms with Crippen LogP contribution in [0, 0.1) is 6.92 Å². The van der Waals surface area contributed by atoms with Gasteiger partial charge >= 0.3 is 0 Å². The number of sulfonamides is 1. The molecule has 0 radical (unpaired) electrons. The highest BCUT2D eigenvalue weighted by atomic mass is 32.2. The molecule has 4 rings (SSSR count). The van der Waals surface area contributed by atoms with E-state index in [9.17, 15) is 13.5 Å². The normalized spacial score (nSPS) is 13.0. The zero-order chi connectivity index (χ0) is 27.4. The van der Waals surface area contributed by atoms with E-state index in [1.54, 1.807) is 43.3 Å². The molecule has 1 aromatic carbocycles. The van der Waals surface area contributed by atoms with Gasteiger partial charge in [0.15, 0.2) is 5.82 Å². The van der Waals surface area contributed by atoms with Crippen molar-refractivity contribution in [1.29, 1.82) is 0 Å². The number of hydrogen-bond acceptors (Lipinski definition) is 11. The van der Waals surface area contributed by atoms with Gasteiger partial charge in [-0.2, -0.15) is 0 Å². The molecule has 3 heterocycles. The lowest BCUT2D eigenvalue weighted by molar-refractivity contribution is 0.171. The second-order valence-electron chi connectivity index (χ2n) is 8.14. The quantitative estimate of drug-likeness (QED) is 0.303. The van der Waals surface area contributed by atoms with Gasteiger partial charge in [-0.1, -0.05) is 12.1 Å². The van der Waals surface area contributed by atoms with E-state index in [0.29, 0.717) is 34.5 Å². The van der Waals surface area contributed by atoms with Crippen molar-refractivity contribution in [2.24, 2.45) is 0 Å². The van der Waals surface area contributed by atoms with E-state index in [0.717, 1.165) is 0 Å². The lowest BCUT2D eigenvalue weighted by Gasteiger charge is -2.21. The summed E-state index contributed by atoms with van der Waals surface area (Å²) in [6.07, 6.45) is 1.32. The summed E-state index contributed by atoms with van der Waals surface area (Å²) in [5.41, 5.74) is 1.42. The number of rotatable bonds is 10. The van der Waals surface area contributed by atoms with Crippen molar-refractivity contribution in [3.05, 3.63) is 60.2 Å². The number of anilines is 1. The zero-order valence-electron chi connectivity index (χ0n) is 21.4. The van der Waals surface area contributed by atoms with Crippen LogP contribution in [0.15, 0.2) is 48.8 Å². The Morgan fingerprint density at radius 1 is 0.947 bits per heavy atom. The predicted molar refractivity (Wildman–Crippen MR) is 138 cm³/mol. The highest BCUT2D eigenvalue weighted by Gasteiger charge is 2.33. The molecule has 0 amide bonds. The summed E-state index contributed by atoms with van der Waals surface area (Å²) < 4.78 is 47.1. The Hall–Kier alpha value is -4.30. The second-order valence-corrected chi connectivity index (χ2v) is 10.2. The fourth-order valence-electron chi connectivity index (χ4n) is 3.62. The Morgan fingerprint density at radius 2 is 1.63 bits per heavy atom. The minimum absolute atomic E-state index is 0.114. The van der Waals surface area contributed by atoms with Gasteiger partial charge in [0, 0.05) is 12.3 Å². The molecule has 0 spiro atoms. The highest BCUT2D eigenvalue weighted by molar-refractivity contribution is 7.93. The lowest BCUT2D eigenvalue weighted by atomic mass is 10.2. The molecule has 13 nitrogen and oxygen atoms in total. The number of benzene rings is 1. The van der Waals surface area contributed by atoms with Crippen LogP contribution < -0.4 is 18.9 Å². The topological polar surface area (TPSA) is 163 Å². The molecular formula is C24H27N7O6S. The van der Waals surface area contributed by atoms with Gasteiger partial charge < -0.3 is 19.3 Å². The Balaban J connectivity index is 1.84. The van der Waals surface area contributed by atoms with Gasteiger partial charge in [0.2, 0.25) is 21.9 Å². The van der Waals surface area contributed by atoms with Gasteiger partial charge in [-0.25, -0.2) is 13.4 Å². The number of nitrogens with zero attached hydrogens (tertiary/aromatic N) is 6. The molecule has 0 aliphatic heterocycles. The maximum Gasteiger partial charge on any atom is 0.243 e. The molecular weight excluding hydrogens is 514 g/mol. The summed E-state index contributed by atoms with van der Waals surface area (Å²) >= 11 is 0. The molecule has 2 atom stereocenters. The maximum absolute atomic E-state index is 13.4. The average Bonchev–Trinajstić information content (AvgIpc) is 3.34. The third kappa shape index (κ3) is 5.21. The number of aliphatic hydroxyl groups is 1. The van der Waals surface area contributed by atoms with Gasteiger partial charge in [-0.3, -0.25) is 19.3 Å². The Bertz CT molecular complexity index is 1500. The summed E-state index contributed by atoms with van der Waals surface area (Å²) in [5, 5.41) is 17.8. The molecule has 38 heavy (non-hydrogen) atoms. The molecule has 0 aliphatic carbocycles. The first kappa shape index (κ1) is 26.8. The smallest absolute Gasteiger partial charge is 0.243 e. The summed E-state index contributed by atoms with van der Waals surface area (Å²) in [7, 11) is 0.175. The number of hydrogen-bond donors (Lipinski definition) is 2. The van der Waals surface area contributed by atoms with Gasteiger partial charge in [-0.15, -0.1) is 10.2 Å². The van der Waals surface area contributed by atoms with Crippen LogP contribution in [0.1, 0.15) is 24.4 Å². The van der Waals surface area contributed by atoms with E-state index in [4.69, 9.17) is 14.2 Å². The summed E-state index contributed by atoms with van der Waals surface area (Å²) in [4.78, 5) is 12.6. The molecule has 4 aromatic rings. The third-order valence-corrected chi connectivity index (χ3v) is 7.43. The van der Waals surface area contributed by atoms with Crippen LogP contribution >= 0.6 is 0 Å². The summed E-state index contributed by atoms with van der Waals surface area (Å²) in [5.74, 6) is 1.04. The van der Waals surface area contributed by atoms with Crippen LogP contribution in [0.2, 0.25) is 0 Å². The molecule has 200 valence electrons. The Kier molecular flexibility index (Phi) is 7.73. The van der Waals surface area contributed by atoms with E-state index in [1.165, 1.54) is 45.2 Å². The van der Waals surface area contributed by atoms with E-state index in [1.807, 2.05) is 0 Å². The fraction of sp³-hybridized carbons (Fsp3) is 0.292. The van der Waals surface area contributed by atoms with Crippen molar-refractivity contribution in [3.63, 3.8) is 0 Å². The van der Waals surface area contributed by atoms with Crippen LogP contribution in [-0.4, -0.2) is 69.8 Å². The number of para-hydroxylation sites is 1. The summed E-state index contributed by atoms with van der Waals surface area (Å²) in [6, 6.07) is 10.1. The average molecular weight is 542 g/mol. The molecule has 0 unspecified atom stereocenters. The predicted octanol–water partition coefficient (Wildman–Crippen LogP) is 2.32. The molecule has 0 fully saturated rings. The first-order chi connectivity index (χ1) is 18.2. The van der Waals surface area contributed by atoms with Crippen molar-refractivity contribution >= 4 is 16.0 Å². The van der Waals surface area contributed by atoms with Crippen molar-refractivity contribution in [3.8, 4) is 34.6 Å². The van der Waals surface area contributed by atoms with Crippen LogP contribution in [-0.2, 0) is 10.0 Å². The first-order valence-electron chi connectivity index (χ1n) is 11.4. The van der Waals surface area contributed by atoms with Crippen LogP contribution in [0.25, 0.3) is 17.2 Å². The molecule has 3 aromatic heterocycles. The number of aromatic nitrogens is 6. The number of methoxy groups -OCH3 is 3. The number of pyridine rings is 1. The molecule has 2 N–H and O–H groups in total. The first-order valence-corrected chi connectivity index (χ1v) is 12.9. The van der Waals surface area contributed by atoms with Crippen molar-refractivity contribution in [2.45, 2.75) is 25.2 Å².